The zero-order valence-corrected chi connectivity index (χ0v) is 7.15. The number of rotatable bonds is 3. The van der Waals surface area contributed by atoms with Crippen LogP contribution in [0, 0.1) is 0 Å². The Hall–Kier alpha value is 0.350. The molecule has 0 saturated heterocycles. The van der Waals surface area contributed by atoms with Crippen LogP contribution >= 0.6 is 8.38 Å². The normalized spacial score (nSPS) is 12.7. The number of hydrogen-bond donors (Lipinski definition) is 2. The highest BCUT2D eigenvalue weighted by Crippen LogP contribution is 2.46. The minimum absolute atomic E-state index is 0.241. The van der Waals surface area contributed by atoms with Crippen molar-refractivity contribution in [1.82, 2.24) is 0 Å². The van der Waals surface area contributed by atoms with Crippen LogP contribution in [0.2, 0.25) is 0 Å². The summed E-state index contributed by atoms with van der Waals surface area (Å²) in [6.45, 7) is 5.86. The van der Waals surface area contributed by atoms with Crippen molar-refractivity contribution in [3.05, 3.63) is 0 Å². The first-order valence-electron chi connectivity index (χ1n) is 3.24. The van der Waals surface area contributed by atoms with Crippen molar-refractivity contribution in [2.24, 2.45) is 0 Å². The summed E-state index contributed by atoms with van der Waals surface area (Å²) in [5.41, 5.74) is 0. The van der Waals surface area contributed by atoms with Crippen LogP contribution in [0.4, 0.5) is 0 Å². The van der Waals surface area contributed by atoms with Crippen LogP contribution in [-0.2, 0) is 0 Å². The Kier molecular flexibility index (Phi) is 3.64. The summed E-state index contributed by atoms with van der Waals surface area (Å²) in [5, 5.41) is -0.241. The third kappa shape index (κ3) is 2.21. The van der Waals surface area contributed by atoms with E-state index < -0.39 is 8.38 Å². The lowest BCUT2D eigenvalue weighted by molar-refractivity contribution is 0.412. The second-order valence-electron chi connectivity index (χ2n) is 2.49. The summed E-state index contributed by atoms with van der Waals surface area (Å²) in [4.78, 5) is 17.8. The zero-order chi connectivity index (χ0) is 7.49. The lowest BCUT2D eigenvalue weighted by Crippen LogP contribution is -2.19. The monoisotopic (exact) mass is 150 g/mol. The van der Waals surface area contributed by atoms with Crippen LogP contribution in [0.15, 0.2) is 0 Å². The maximum Gasteiger partial charge on any atom is 0.171 e. The quantitative estimate of drug-likeness (QED) is 0.603. The maximum atomic E-state index is 8.89. The van der Waals surface area contributed by atoms with Crippen LogP contribution in [0.25, 0.3) is 0 Å². The van der Waals surface area contributed by atoms with Crippen LogP contribution < -0.4 is 0 Å². The van der Waals surface area contributed by atoms with Gasteiger partial charge in [-0.25, -0.2) is 0 Å². The van der Waals surface area contributed by atoms with Gasteiger partial charge in [0.25, 0.3) is 0 Å². The Morgan fingerprint density at radius 3 is 1.56 bits per heavy atom. The summed E-state index contributed by atoms with van der Waals surface area (Å²) >= 11 is 0. The largest absolute Gasteiger partial charge is 0.350 e. The van der Waals surface area contributed by atoms with E-state index >= 15 is 0 Å². The van der Waals surface area contributed by atoms with Gasteiger partial charge in [-0.3, -0.25) is 0 Å². The van der Waals surface area contributed by atoms with E-state index in [1.54, 1.807) is 0 Å². The molecule has 0 bridgehead atoms. The molecule has 56 valence electrons. The zero-order valence-electron chi connectivity index (χ0n) is 6.26. The molecular weight excluding hydrogens is 135 g/mol. The average Bonchev–Trinajstić information content (AvgIpc) is 1.86. The molecule has 0 aliphatic rings. The molecule has 0 amide bonds. The maximum absolute atomic E-state index is 8.89. The van der Waals surface area contributed by atoms with Crippen molar-refractivity contribution in [2.75, 3.05) is 0 Å². The van der Waals surface area contributed by atoms with Crippen molar-refractivity contribution >= 4 is 8.38 Å². The van der Waals surface area contributed by atoms with E-state index in [1.807, 2.05) is 20.8 Å². The van der Waals surface area contributed by atoms with Crippen molar-refractivity contribution < 1.29 is 9.79 Å². The molecular formula is C6H15O2P. The molecule has 0 spiro atoms. The van der Waals surface area contributed by atoms with Crippen LogP contribution in [-0.4, -0.2) is 14.9 Å². The molecule has 0 fully saturated rings. The van der Waals surface area contributed by atoms with E-state index in [0.29, 0.717) is 0 Å². The molecule has 0 aromatic carbocycles. The molecule has 0 saturated carbocycles. The molecule has 0 unspecified atom stereocenters. The first-order valence-corrected chi connectivity index (χ1v) is 4.49. The fourth-order valence-electron chi connectivity index (χ4n) is 0.533. The van der Waals surface area contributed by atoms with E-state index in [0.717, 1.165) is 12.8 Å². The predicted octanol–water partition coefficient (Wildman–Crippen LogP) is 1.86. The van der Waals surface area contributed by atoms with Gasteiger partial charge in [-0.05, 0) is 12.8 Å². The van der Waals surface area contributed by atoms with Crippen molar-refractivity contribution in [3.63, 3.8) is 0 Å². The smallest absolute Gasteiger partial charge is 0.171 e. The van der Waals surface area contributed by atoms with Gasteiger partial charge in [-0.15, -0.1) is 0 Å². The summed E-state index contributed by atoms with van der Waals surface area (Å²) in [7, 11) is -1.75. The summed E-state index contributed by atoms with van der Waals surface area (Å²) in [6, 6.07) is 0. The molecule has 0 aliphatic heterocycles. The van der Waals surface area contributed by atoms with Gasteiger partial charge in [0.15, 0.2) is 8.38 Å². The molecule has 0 rings (SSSR count). The van der Waals surface area contributed by atoms with Gasteiger partial charge < -0.3 is 9.79 Å². The summed E-state index contributed by atoms with van der Waals surface area (Å²) in [5.74, 6) is 0. The molecule has 2 nitrogen and oxygen atoms in total. The second kappa shape index (κ2) is 3.50. The van der Waals surface area contributed by atoms with Gasteiger partial charge in [0, 0.05) is 5.16 Å². The summed E-state index contributed by atoms with van der Waals surface area (Å²) < 4.78 is 0. The second-order valence-corrected chi connectivity index (χ2v) is 4.15. The third-order valence-electron chi connectivity index (χ3n) is 2.01. The minimum atomic E-state index is -1.75. The van der Waals surface area contributed by atoms with E-state index in [9.17, 15) is 0 Å². The van der Waals surface area contributed by atoms with Crippen LogP contribution in [0.3, 0.4) is 0 Å². The fourth-order valence-corrected chi connectivity index (χ4v) is 1.10. The Morgan fingerprint density at radius 1 is 1.22 bits per heavy atom. The fraction of sp³-hybridized carbons (Fsp3) is 1.00. The van der Waals surface area contributed by atoms with Crippen LogP contribution in [0.1, 0.15) is 33.6 Å². The van der Waals surface area contributed by atoms with Gasteiger partial charge in [0.05, 0.1) is 0 Å². The first-order chi connectivity index (χ1) is 4.06. The predicted molar refractivity (Wildman–Crippen MR) is 40.3 cm³/mol. The van der Waals surface area contributed by atoms with Crippen LogP contribution in [0.5, 0.6) is 0 Å². The molecule has 0 aromatic rings. The van der Waals surface area contributed by atoms with Crippen molar-refractivity contribution in [2.45, 2.75) is 38.8 Å². The standard InChI is InChI=1S/C6H15O2P/c1-4-6(3,5-2)9(7)8/h7-8H,4-5H2,1-3H3. The van der Waals surface area contributed by atoms with Crippen molar-refractivity contribution in [3.8, 4) is 0 Å². The highest BCUT2D eigenvalue weighted by Gasteiger charge is 2.28. The van der Waals surface area contributed by atoms with Gasteiger partial charge in [0.1, 0.15) is 0 Å². The van der Waals surface area contributed by atoms with Gasteiger partial charge >= 0.3 is 0 Å². The minimum Gasteiger partial charge on any atom is -0.350 e. The Balaban J connectivity index is 3.92. The molecule has 3 heteroatoms. The Labute approximate surface area is 57.8 Å². The SMILES string of the molecule is CCC(C)(CC)P(O)O. The number of hydrogen-bond acceptors (Lipinski definition) is 2. The average molecular weight is 150 g/mol. The molecule has 0 heterocycles. The lowest BCUT2D eigenvalue weighted by atomic mass is 10.1. The highest BCUT2D eigenvalue weighted by molar-refractivity contribution is 7.46. The third-order valence-corrected chi connectivity index (χ3v) is 3.60. The first kappa shape index (κ1) is 9.35. The topological polar surface area (TPSA) is 40.5 Å². The Bertz CT molecular complexity index is 79.1. The Morgan fingerprint density at radius 2 is 1.56 bits per heavy atom. The highest BCUT2D eigenvalue weighted by atomic mass is 31.2. The lowest BCUT2D eigenvalue weighted by Gasteiger charge is -2.26. The molecule has 0 aromatic heterocycles. The van der Waals surface area contributed by atoms with E-state index in [4.69, 9.17) is 9.79 Å². The van der Waals surface area contributed by atoms with Gasteiger partial charge in [-0.2, -0.15) is 0 Å². The molecule has 0 radical (unpaired) electrons. The van der Waals surface area contributed by atoms with E-state index in [1.165, 1.54) is 0 Å². The molecule has 0 atom stereocenters. The van der Waals surface area contributed by atoms with Gasteiger partial charge in [0.2, 0.25) is 0 Å². The molecule has 9 heavy (non-hydrogen) atoms. The van der Waals surface area contributed by atoms with E-state index in [2.05, 4.69) is 0 Å². The van der Waals surface area contributed by atoms with Gasteiger partial charge in [-0.1, -0.05) is 20.8 Å². The van der Waals surface area contributed by atoms with Crippen molar-refractivity contribution in [1.29, 1.82) is 0 Å². The molecule has 0 aliphatic carbocycles. The summed E-state index contributed by atoms with van der Waals surface area (Å²) in [6.07, 6.45) is 1.67. The van der Waals surface area contributed by atoms with E-state index in [-0.39, 0.29) is 5.16 Å². The molecule has 2 N–H and O–H groups in total.